The van der Waals surface area contributed by atoms with E-state index in [1.54, 1.807) is 0 Å². The summed E-state index contributed by atoms with van der Waals surface area (Å²) in [7, 11) is 1.81. The molecular formula is C16H28N2OS. The van der Waals surface area contributed by atoms with E-state index in [4.69, 9.17) is 4.74 Å². The maximum Gasteiger partial charge on any atom is 0.0491 e. The molecule has 1 aliphatic rings. The van der Waals surface area contributed by atoms with Crippen LogP contribution >= 0.6 is 11.3 Å². The number of piperidine rings is 1. The lowest BCUT2D eigenvalue weighted by atomic mass is 9.98. The number of thiophene rings is 1. The number of methoxy groups -OCH3 is 1. The van der Waals surface area contributed by atoms with E-state index in [2.05, 4.69) is 29.3 Å². The molecular weight excluding hydrogens is 268 g/mol. The molecule has 1 N–H and O–H groups in total. The first-order chi connectivity index (χ1) is 9.81. The summed E-state index contributed by atoms with van der Waals surface area (Å²) in [6.07, 6.45) is 3.77. The zero-order valence-corrected chi connectivity index (χ0v) is 13.7. The van der Waals surface area contributed by atoms with E-state index < -0.39 is 0 Å². The number of hydrogen-bond acceptors (Lipinski definition) is 4. The minimum atomic E-state index is 0.772. The topological polar surface area (TPSA) is 24.5 Å². The molecule has 0 amide bonds. The molecule has 1 saturated heterocycles. The van der Waals surface area contributed by atoms with E-state index in [1.807, 2.05) is 18.4 Å². The molecule has 0 aromatic carbocycles. The van der Waals surface area contributed by atoms with Crippen molar-refractivity contribution in [1.82, 2.24) is 10.2 Å². The van der Waals surface area contributed by atoms with Gasteiger partial charge in [0.25, 0.3) is 0 Å². The summed E-state index contributed by atoms with van der Waals surface area (Å²) in [4.78, 5) is 5.55. The highest BCUT2D eigenvalue weighted by atomic mass is 32.1. The van der Waals surface area contributed by atoms with Gasteiger partial charge in [-0.2, -0.15) is 0 Å². The number of rotatable bonds is 8. The van der Waals surface area contributed by atoms with Crippen LogP contribution in [0, 0.1) is 5.92 Å². The summed E-state index contributed by atoms with van der Waals surface area (Å²) in [6, 6.07) is 4.58. The molecule has 0 atom stereocenters. The molecule has 0 saturated carbocycles. The van der Waals surface area contributed by atoms with Gasteiger partial charge in [-0.05, 0) is 56.9 Å². The monoisotopic (exact) mass is 296 g/mol. The molecule has 0 aliphatic carbocycles. The molecule has 1 aromatic heterocycles. The Kier molecular flexibility index (Phi) is 7.00. The molecule has 0 bridgehead atoms. The van der Waals surface area contributed by atoms with Crippen molar-refractivity contribution >= 4 is 11.3 Å². The Morgan fingerprint density at radius 2 is 2.05 bits per heavy atom. The van der Waals surface area contributed by atoms with Crippen molar-refractivity contribution in [3.8, 4) is 0 Å². The zero-order valence-electron chi connectivity index (χ0n) is 12.9. The smallest absolute Gasteiger partial charge is 0.0491 e. The number of nitrogens with one attached hydrogen (secondary N) is 1. The van der Waals surface area contributed by atoms with E-state index in [-0.39, 0.29) is 0 Å². The van der Waals surface area contributed by atoms with Crippen LogP contribution in [0.2, 0.25) is 0 Å². The molecule has 0 radical (unpaired) electrons. The van der Waals surface area contributed by atoms with Crippen LogP contribution in [-0.4, -0.2) is 38.3 Å². The number of likely N-dealkylation sites (tertiary alicyclic amines) is 1. The van der Waals surface area contributed by atoms with Crippen LogP contribution in [0.25, 0.3) is 0 Å². The van der Waals surface area contributed by atoms with Crippen molar-refractivity contribution in [2.24, 2.45) is 5.92 Å². The number of hydrogen-bond donors (Lipinski definition) is 1. The summed E-state index contributed by atoms with van der Waals surface area (Å²) in [5, 5.41) is 3.47. The molecule has 1 aliphatic heterocycles. The quantitative estimate of drug-likeness (QED) is 0.746. The average Bonchev–Trinajstić information content (AvgIpc) is 2.89. The van der Waals surface area contributed by atoms with Gasteiger partial charge in [0.15, 0.2) is 0 Å². The fraction of sp³-hybridized carbons (Fsp3) is 0.750. The van der Waals surface area contributed by atoms with Crippen LogP contribution in [-0.2, 0) is 17.8 Å². The van der Waals surface area contributed by atoms with Gasteiger partial charge in [-0.15, -0.1) is 11.3 Å². The van der Waals surface area contributed by atoms with Gasteiger partial charge in [0.05, 0.1) is 0 Å². The van der Waals surface area contributed by atoms with Crippen LogP contribution in [0.4, 0.5) is 0 Å². The lowest BCUT2D eigenvalue weighted by Gasteiger charge is -2.31. The van der Waals surface area contributed by atoms with Gasteiger partial charge in [-0.3, -0.25) is 4.90 Å². The third-order valence-electron chi connectivity index (χ3n) is 3.93. The second-order valence-electron chi connectivity index (χ2n) is 5.72. The van der Waals surface area contributed by atoms with Gasteiger partial charge in [-0.1, -0.05) is 6.92 Å². The molecule has 1 fully saturated rings. The molecule has 0 unspecified atom stereocenters. The van der Waals surface area contributed by atoms with Crippen LogP contribution in [0.5, 0.6) is 0 Å². The molecule has 1 aromatic rings. The van der Waals surface area contributed by atoms with Crippen LogP contribution < -0.4 is 5.32 Å². The second kappa shape index (κ2) is 8.78. The van der Waals surface area contributed by atoms with Gasteiger partial charge in [0.1, 0.15) is 0 Å². The van der Waals surface area contributed by atoms with E-state index in [0.717, 1.165) is 32.2 Å². The third kappa shape index (κ3) is 5.17. The molecule has 3 nitrogen and oxygen atoms in total. The summed E-state index contributed by atoms with van der Waals surface area (Å²) >= 11 is 1.96. The van der Waals surface area contributed by atoms with Crippen LogP contribution in [0.3, 0.4) is 0 Å². The number of ether oxygens (including phenoxy) is 1. The maximum absolute atomic E-state index is 5.26. The highest BCUT2D eigenvalue weighted by Crippen LogP contribution is 2.22. The van der Waals surface area contributed by atoms with Gasteiger partial charge in [0.2, 0.25) is 0 Å². The second-order valence-corrected chi connectivity index (χ2v) is 6.97. The molecule has 4 heteroatoms. The predicted octanol–water partition coefficient (Wildman–Crippen LogP) is 3.11. The lowest BCUT2D eigenvalue weighted by molar-refractivity contribution is 0.0972. The van der Waals surface area contributed by atoms with Crippen molar-refractivity contribution < 1.29 is 4.74 Å². The normalized spacial score (nSPS) is 17.7. The Labute approximate surface area is 127 Å². The maximum atomic E-state index is 5.26. The molecule has 2 rings (SSSR count). The van der Waals surface area contributed by atoms with E-state index in [0.29, 0.717) is 0 Å². The standard InChI is InChI=1S/C16H28N2OS/c1-3-8-17-11-15-4-5-16(20-15)12-18-9-6-14(7-10-18)13-19-2/h4-5,14,17H,3,6-13H2,1-2H3. The molecule has 114 valence electrons. The fourth-order valence-electron chi connectivity index (χ4n) is 2.76. The molecule has 0 spiro atoms. The Morgan fingerprint density at radius 3 is 2.75 bits per heavy atom. The first-order valence-corrected chi connectivity index (χ1v) is 8.63. The Morgan fingerprint density at radius 1 is 1.30 bits per heavy atom. The van der Waals surface area contributed by atoms with Crippen molar-refractivity contribution in [2.75, 3.05) is 33.4 Å². The van der Waals surface area contributed by atoms with E-state index in [9.17, 15) is 0 Å². The Hall–Kier alpha value is -0.420. The van der Waals surface area contributed by atoms with E-state index >= 15 is 0 Å². The summed E-state index contributed by atoms with van der Waals surface area (Å²) in [5.41, 5.74) is 0. The fourth-order valence-corrected chi connectivity index (χ4v) is 3.79. The highest BCUT2D eigenvalue weighted by molar-refractivity contribution is 7.11. The van der Waals surface area contributed by atoms with Crippen LogP contribution in [0.15, 0.2) is 12.1 Å². The van der Waals surface area contributed by atoms with E-state index in [1.165, 1.54) is 42.1 Å². The Balaban J connectivity index is 1.71. The minimum absolute atomic E-state index is 0.772. The average molecular weight is 296 g/mol. The van der Waals surface area contributed by atoms with Gasteiger partial charge < -0.3 is 10.1 Å². The van der Waals surface area contributed by atoms with Crippen LogP contribution in [0.1, 0.15) is 35.9 Å². The van der Waals surface area contributed by atoms with Crippen molar-refractivity contribution in [3.63, 3.8) is 0 Å². The highest BCUT2D eigenvalue weighted by Gasteiger charge is 2.19. The van der Waals surface area contributed by atoms with Gasteiger partial charge in [-0.25, -0.2) is 0 Å². The number of nitrogens with zero attached hydrogens (tertiary/aromatic N) is 1. The first-order valence-electron chi connectivity index (χ1n) is 7.81. The summed E-state index contributed by atoms with van der Waals surface area (Å²) < 4.78 is 5.26. The molecule has 2 heterocycles. The van der Waals surface area contributed by atoms with Gasteiger partial charge >= 0.3 is 0 Å². The predicted molar refractivity (Wildman–Crippen MR) is 86.2 cm³/mol. The summed E-state index contributed by atoms with van der Waals surface area (Å²) in [6.45, 7) is 8.83. The summed E-state index contributed by atoms with van der Waals surface area (Å²) in [5.74, 6) is 0.772. The minimum Gasteiger partial charge on any atom is -0.384 e. The SMILES string of the molecule is CCCNCc1ccc(CN2CCC(COC)CC2)s1. The molecule has 20 heavy (non-hydrogen) atoms. The van der Waals surface area contributed by atoms with Crippen molar-refractivity contribution in [1.29, 1.82) is 0 Å². The third-order valence-corrected chi connectivity index (χ3v) is 5.00. The van der Waals surface area contributed by atoms with Crippen molar-refractivity contribution in [3.05, 3.63) is 21.9 Å². The first kappa shape index (κ1) is 16.0. The lowest BCUT2D eigenvalue weighted by Crippen LogP contribution is -2.34. The Bertz CT molecular complexity index is 372. The zero-order chi connectivity index (χ0) is 14.2. The van der Waals surface area contributed by atoms with Crippen molar-refractivity contribution in [2.45, 2.75) is 39.3 Å². The largest absolute Gasteiger partial charge is 0.384 e. The van der Waals surface area contributed by atoms with Gasteiger partial charge in [0, 0.05) is 36.6 Å².